The van der Waals surface area contributed by atoms with Crippen molar-refractivity contribution in [3.8, 4) is 0 Å². The van der Waals surface area contributed by atoms with E-state index in [4.69, 9.17) is 0 Å². The monoisotopic (exact) mass is 380 g/mol. The third kappa shape index (κ3) is 5.84. The lowest BCUT2D eigenvalue weighted by molar-refractivity contribution is 0.0827. The zero-order valence-electron chi connectivity index (χ0n) is 17.8. The van der Waals surface area contributed by atoms with E-state index in [-0.39, 0.29) is 11.3 Å². The summed E-state index contributed by atoms with van der Waals surface area (Å²) in [5.41, 5.74) is 4.34. The molecule has 0 atom stereocenters. The molecule has 2 aromatic carbocycles. The standard InChI is InChI=1S/C23H32N4O/c1-17-8-7-9-20(14-17)23(2,3)16-26-22(24-4)25-15-18-10-12-19(13-11-18)21(28)27(5)6/h7-14H,15-16H2,1-6H3,(H2,24,25,26). The molecule has 0 unspecified atom stereocenters. The van der Waals surface area contributed by atoms with E-state index in [1.165, 1.54) is 11.1 Å². The summed E-state index contributed by atoms with van der Waals surface area (Å²) in [5, 5.41) is 6.76. The van der Waals surface area contributed by atoms with Gasteiger partial charge >= 0.3 is 0 Å². The zero-order valence-corrected chi connectivity index (χ0v) is 17.8. The molecule has 0 aliphatic rings. The number of rotatable bonds is 6. The van der Waals surface area contributed by atoms with Crippen LogP contribution in [0.5, 0.6) is 0 Å². The second-order valence-corrected chi connectivity index (χ2v) is 7.93. The Hall–Kier alpha value is -2.82. The molecular formula is C23H32N4O. The molecule has 0 radical (unpaired) electrons. The molecule has 0 aliphatic heterocycles. The molecule has 0 aliphatic carbocycles. The summed E-state index contributed by atoms with van der Waals surface area (Å²) in [6.07, 6.45) is 0. The molecule has 0 fully saturated rings. The number of aliphatic imine (C=N–C) groups is 1. The Morgan fingerprint density at radius 3 is 2.32 bits per heavy atom. The maximum absolute atomic E-state index is 12.0. The number of hydrogen-bond acceptors (Lipinski definition) is 2. The van der Waals surface area contributed by atoms with Crippen LogP contribution in [-0.4, -0.2) is 44.5 Å². The van der Waals surface area contributed by atoms with Gasteiger partial charge in [0, 0.05) is 45.2 Å². The van der Waals surface area contributed by atoms with Gasteiger partial charge in [0.15, 0.2) is 5.96 Å². The number of carbonyl (C=O) groups is 1. The average Bonchev–Trinajstić information content (AvgIpc) is 2.68. The van der Waals surface area contributed by atoms with Crippen LogP contribution in [0.4, 0.5) is 0 Å². The second kappa shape index (κ2) is 9.40. The van der Waals surface area contributed by atoms with Crippen LogP contribution in [0.2, 0.25) is 0 Å². The van der Waals surface area contributed by atoms with Crippen molar-refractivity contribution in [2.75, 3.05) is 27.7 Å². The maximum Gasteiger partial charge on any atom is 0.253 e. The second-order valence-electron chi connectivity index (χ2n) is 7.93. The maximum atomic E-state index is 12.0. The minimum Gasteiger partial charge on any atom is -0.356 e. The summed E-state index contributed by atoms with van der Waals surface area (Å²) in [6.45, 7) is 7.98. The summed E-state index contributed by atoms with van der Waals surface area (Å²) in [6, 6.07) is 16.3. The van der Waals surface area contributed by atoms with E-state index in [1.807, 2.05) is 24.3 Å². The molecule has 2 aromatic rings. The fourth-order valence-electron chi connectivity index (χ4n) is 2.90. The molecule has 5 heteroatoms. The minimum atomic E-state index is -0.0160. The highest BCUT2D eigenvalue weighted by Gasteiger charge is 2.21. The van der Waals surface area contributed by atoms with Crippen molar-refractivity contribution in [1.82, 2.24) is 15.5 Å². The van der Waals surface area contributed by atoms with Crippen molar-refractivity contribution in [2.45, 2.75) is 32.7 Å². The van der Waals surface area contributed by atoms with Crippen LogP contribution in [0.1, 0.15) is 40.9 Å². The normalized spacial score (nSPS) is 11.9. The lowest BCUT2D eigenvalue weighted by atomic mass is 9.84. The molecular weight excluding hydrogens is 348 g/mol. The molecule has 0 bridgehead atoms. The highest BCUT2D eigenvalue weighted by atomic mass is 16.2. The molecule has 0 heterocycles. The largest absolute Gasteiger partial charge is 0.356 e. The number of nitrogens with zero attached hydrogens (tertiary/aromatic N) is 2. The smallest absolute Gasteiger partial charge is 0.253 e. The van der Waals surface area contributed by atoms with Gasteiger partial charge in [-0.05, 0) is 30.2 Å². The lowest BCUT2D eigenvalue weighted by Gasteiger charge is -2.27. The molecule has 1 amide bonds. The number of benzene rings is 2. The Balaban J connectivity index is 1.92. The topological polar surface area (TPSA) is 56.7 Å². The Morgan fingerprint density at radius 2 is 1.75 bits per heavy atom. The molecule has 2 N–H and O–H groups in total. The van der Waals surface area contributed by atoms with Gasteiger partial charge in [-0.25, -0.2) is 0 Å². The van der Waals surface area contributed by atoms with Gasteiger partial charge in [-0.1, -0.05) is 55.8 Å². The predicted octanol–water partition coefficient (Wildman–Crippen LogP) is 3.34. The van der Waals surface area contributed by atoms with Crippen LogP contribution < -0.4 is 10.6 Å². The van der Waals surface area contributed by atoms with Gasteiger partial charge in [0.25, 0.3) is 5.91 Å². The number of aryl methyl sites for hydroxylation is 1. The number of nitrogens with one attached hydrogen (secondary N) is 2. The summed E-state index contributed by atoms with van der Waals surface area (Å²) < 4.78 is 0. The van der Waals surface area contributed by atoms with Crippen molar-refractivity contribution < 1.29 is 4.79 Å². The van der Waals surface area contributed by atoms with Crippen LogP contribution in [-0.2, 0) is 12.0 Å². The molecule has 0 saturated heterocycles. The van der Waals surface area contributed by atoms with E-state index in [1.54, 1.807) is 26.0 Å². The van der Waals surface area contributed by atoms with Crippen molar-refractivity contribution in [3.63, 3.8) is 0 Å². The molecule has 0 saturated carbocycles. The van der Waals surface area contributed by atoms with Crippen molar-refractivity contribution in [2.24, 2.45) is 4.99 Å². The third-order valence-corrected chi connectivity index (χ3v) is 4.79. The van der Waals surface area contributed by atoms with Crippen LogP contribution >= 0.6 is 0 Å². The van der Waals surface area contributed by atoms with Crippen LogP contribution in [0.3, 0.4) is 0 Å². The fraction of sp³-hybridized carbons (Fsp3) is 0.391. The first kappa shape index (κ1) is 21.5. The SMILES string of the molecule is CN=C(NCc1ccc(C(=O)N(C)C)cc1)NCC(C)(C)c1cccc(C)c1. The van der Waals surface area contributed by atoms with E-state index in [0.717, 1.165) is 18.1 Å². The van der Waals surface area contributed by atoms with Gasteiger partial charge in [0.05, 0.1) is 0 Å². The van der Waals surface area contributed by atoms with Crippen LogP contribution in [0.15, 0.2) is 53.5 Å². The first-order valence-corrected chi connectivity index (χ1v) is 9.55. The third-order valence-electron chi connectivity index (χ3n) is 4.79. The molecule has 2 rings (SSSR count). The summed E-state index contributed by atoms with van der Waals surface area (Å²) >= 11 is 0. The van der Waals surface area contributed by atoms with Gasteiger partial charge in [-0.3, -0.25) is 9.79 Å². The number of carbonyl (C=O) groups excluding carboxylic acids is 1. The minimum absolute atomic E-state index is 0.00960. The van der Waals surface area contributed by atoms with Gasteiger partial charge < -0.3 is 15.5 Å². The lowest BCUT2D eigenvalue weighted by Crippen LogP contribution is -2.43. The first-order valence-electron chi connectivity index (χ1n) is 9.55. The van der Waals surface area contributed by atoms with Gasteiger partial charge in [-0.15, -0.1) is 0 Å². The highest BCUT2D eigenvalue weighted by Crippen LogP contribution is 2.23. The van der Waals surface area contributed by atoms with Crippen molar-refractivity contribution in [1.29, 1.82) is 0 Å². The van der Waals surface area contributed by atoms with E-state index >= 15 is 0 Å². The van der Waals surface area contributed by atoms with E-state index < -0.39 is 0 Å². The molecule has 28 heavy (non-hydrogen) atoms. The van der Waals surface area contributed by atoms with E-state index in [0.29, 0.717) is 12.1 Å². The highest BCUT2D eigenvalue weighted by molar-refractivity contribution is 5.93. The summed E-state index contributed by atoms with van der Waals surface area (Å²) in [5.74, 6) is 0.768. The van der Waals surface area contributed by atoms with Gasteiger partial charge in [0.1, 0.15) is 0 Å². The van der Waals surface area contributed by atoms with Crippen molar-refractivity contribution in [3.05, 3.63) is 70.8 Å². The predicted molar refractivity (Wildman–Crippen MR) is 117 cm³/mol. The Kier molecular flexibility index (Phi) is 7.21. The molecule has 5 nitrogen and oxygen atoms in total. The van der Waals surface area contributed by atoms with E-state index in [9.17, 15) is 4.79 Å². The van der Waals surface area contributed by atoms with Crippen LogP contribution in [0, 0.1) is 6.92 Å². The molecule has 0 spiro atoms. The molecule has 150 valence electrons. The number of hydrogen-bond donors (Lipinski definition) is 2. The Morgan fingerprint density at radius 1 is 1.07 bits per heavy atom. The van der Waals surface area contributed by atoms with E-state index in [2.05, 4.69) is 60.7 Å². The number of amides is 1. The van der Waals surface area contributed by atoms with Gasteiger partial charge in [-0.2, -0.15) is 0 Å². The summed E-state index contributed by atoms with van der Waals surface area (Å²) in [7, 11) is 5.28. The zero-order chi connectivity index (χ0) is 20.7. The quantitative estimate of drug-likeness (QED) is 0.597. The molecule has 0 aromatic heterocycles. The Labute approximate surface area is 168 Å². The van der Waals surface area contributed by atoms with Gasteiger partial charge in [0.2, 0.25) is 0 Å². The Bertz CT molecular complexity index is 823. The first-order chi connectivity index (χ1) is 13.2. The van der Waals surface area contributed by atoms with Crippen molar-refractivity contribution >= 4 is 11.9 Å². The summed E-state index contributed by atoms with van der Waals surface area (Å²) in [4.78, 5) is 17.9. The van der Waals surface area contributed by atoms with Crippen LogP contribution in [0.25, 0.3) is 0 Å². The average molecular weight is 381 g/mol. The number of guanidine groups is 1. The fourth-order valence-corrected chi connectivity index (χ4v) is 2.90.